The number of hydrogen-bond acceptors (Lipinski definition) is 9. The van der Waals surface area contributed by atoms with Gasteiger partial charge >= 0.3 is 0 Å². The van der Waals surface area contributed by atoms with E-state index in [9.17, 15) is 15.3 Å². The Morgan fingerprint density at radius 1 is 1.14 bits per heavy atom. The quantitative estimate of drug-likeness (QED) is 0.466. The molecule has 0 spiro atoms. The zero-order valence-electron chi connectivity index (χ0n) is 15.4. The zero-order chi connectivity index (χ0) is 20.0. The molecule has 10 nitrogen and oxygen atoms in total. The number of ether oxygens (including phenoxy) is 2. The van der Waals surface area contributed by atoms with Gasteiger partial charge in [0.25, 0.3) is 0 Å². The Morgan fingerprint density at radius 3 is 2.83 bits per heavy atom. The molecule has 1 fully saturated rings. The first kappa shape index (κ1) is 18.4. The molecule has 1 unspecified atom stereocenters. The minimum atomic E-state index is -1.22. The number of fused-ring (bicyclic) bond motifs is 2. The third-order valence-corrected chi connectivity index (χ3v) is 5.37. The number of rotatable bonds is 3. The Labute approximate surface area is 165 Å². The maximum absolute atomic E-state index is 10.3. The largest absolute Gasteiger partial charge is 0.482 e. The molecule has 0 amide bonds. The number of aliphatic hydroxyl groups excluding tert-OH is 3. The van der Waals surface area contributed by atoms with Crippen LogP contribution in [0.2, 0.25) is 0 Å². The Morgan fingerprint density at radius 2 is 2.00 bits per heavy atom. The first-order valence-corrected chi connectivity index (χ1v) is 9.42. The molecule has 3 aromatic rings. The number of benzene rings is 1. The zero-order valence-corrected chi connectivity index (χ0v) is 15.4. The van der Waals surface area contributed by atoms with Gasteiger partial charge in [0.15, 0.2) is 18.0 Å². The molecule has 29 heavy (non-hydrogen) atoms. The molecule has 5 atom stereocenters. The summed E-state index contributed by atoms with van der Waals surface area (Å²) in [5.41, 5.74) is 2.66. The Kier molecular flexibility index (Phi) is 4.64. The number of nitrogens with zero attached hydrogens (tertiary/aromatic N) is 4. The molecule has 0 saturated carbocycles. The monoisotopic (exact) mass is 399 g/mol. The van der Waals surface area contributed by atoms with E-state index in [1.807, 2.05) is 24.3 Å². The molecule has 0 aliphatic carbocycles. The van der Waals surface area contributed by atoms with Crippen molar-refractivity contribution in [3.63, 3.8) is 0 Å². The molecule has 0 radical (unpaired) electrons. The number of aliphatic hydroxyl groups is 3. The maximum Gasteiger partial charge on any atom is 0.165 e. The Bertz CT molecular complexity index is 1030. The van der Waals surface area contributed by atoms with Gasteiger partial charge in [0.05, 0.1) is 12.9 Å². The number of imidazole rings is 1. The van der Waals surface area contributed by atoms with Crippen LogP contribution < -0.4 is 10.1 Å². The lowest BCUT2D eigenvalue weighted by Gasteiger charge is -2.18. The van der Waals surface area contributed by atoms with Crippen LogP contribution in [0.25, 0.3) is 11.2 Å². The molecular weight excluding hydrogens is 378 g/mol. The van der Waals surface area contributed by atoms with Gasteiger partial charge in [-0.2, -0.15) is 0 Å². The van der Waals surface area contributed by atoms with Gasteiger partial charge in [-0.3, -0.25) is 4.57 Å². The summed E-state index contributed by atoms with van der Waals surface area (Å²) in [6.45, 7) is 0.835. The SMILES string of the molecule is OC[C@H]1O[C@@H](n2cnc3c(C4CNCc5ccccc5O4)ncnc32)[C@H](O)[C@@H]1O. The molecule has 1 saturated heterocycles. The highest BCUT2D eigenvalue weighted by atomic mass is 16.6. The fourth-order valence-corrected chi connectivity index (χ4v) is 3.85. The van der Waals surface area contributed by atoms with E-state index in [1.54, 1.807) is 4.57 Å². The van der Waals surface area contributed by atoms with Gasteiger partial charge in [-0.25, -0.2) is 15.0 Å². The maximum atomic E-state index is 10.3. The molecule has 4 N–H and O–H groups in total. The summed E-state index contributed by atoms with van der Waals surface area (Å²) in [5.74, 6) is 0.789. The molecule has 2 aliphatic rings. The normalized spacial score (nSPS) is 29.4. The Balaban J connectivity index is 1.51. The Hall–Kier alpha value is -2.63. The van der Waals surface area contributed by atoms with Crippen LogP contribution in [0.5, 0.6) is 5.75 Å². The molecular formula is C19H21N5O5. The van der Waals surface area contributed by atoms with E-state index in [1.165, 1.54) is 12.7 Å². The van der Waals surface area contributed by atoms with Crippen LogP contribution in [-0.4, -0.2) is 66.3 Å². The van der Waals surface area contributed by atoms with Crippen LogP contribution in [0.4, 0.5) is 0 Å². The van der Waals surface area contributed by atoms with Gasteiger partial charge in [-0.15, -0.1) is 0 Å². The summed E-state index contributed by atoms with van der Waals surface area (Å²) in [5, 5.41) is 33.1. The minimum absolute atomic E-state index is 0.377. The third-order valence-electron chi connectivity index (χ3n) is 5.37. The van der Waals surface area contributed by atoms with Crippen molar-refractivity contribution in [1.29, 1.82) is 0 Å². The lowest BCUT2D eigenvalue weighted by Crippen LogP contribution is -2.33. The van der Waals surface area contributed by atoms with Gasteiger partial charge in [0.1, 0.15) is 41.6 Å². The van der Waals surface area contributed by atoms with Gasteiger partial charge < -0.3 is 30.1 Å². The lowest BCUT2D eigenvalue weighted by atomic mass is 10.1. The molecule has 2 aromatic heterocycles. The summed E-state index contributed by atoms with van der Waals surface area (Å²) >= 11 is 0. The van der Waals surface area contributed by atoms with Crippen LogP contribution in [-0.2, 0) is 11.3 Å². The smallest absolute Gasteiger partial charge is 0.165 e. The van der Waals surface area contributed by atoms with Crippen molar-refractivity contribution in [3.05, 3.63) is 48.2 Å². The number of aromatic nitrogens is 4. The first-order chi connectivity index (χ1) is 14.2. The second kappa shape index (κ2) is 7.32. The predicted molar refractivity (Wildman–Crippen MR) is 99.9 cm³/mol. The fourth-order valence-electron chi connectivity index (χ4n) is 3.85. The van der Waals surface area contributed by atoms with Crippen molar-refractivity contribution >= 4 is 11.2 Å². The van der Waals surface area contributed by atoms with E-state index >= 15 is 0 Å². The average Bonchev–Trinajstić information content (AvgIpc) is 3.20. The third kappa shape index (κ3) is 3.05. The molecule has 4 heterocycles. The molecule has 5 rings (SSSR count). The first-order valence-electron chi connectivity index (χ1n) is 9.42. The van der Waals surface area contributed by atoms with Gasteiger partial charge in [0.2, 0.25) is 0 Å². The van der Waals surface area contributed by atoms with Crippen molar-refractivity contribution < 1.29 is 24.8 Å². The summed E-state index contributed by atoms with van der Waals surface area (Å²) in [4.78, 5) is 13.1. The topological polar surface area (TPSA) is 135 Å². The molecule has 2 aliphatic heterocycles. The molecule has 152 valence electrons. The van der Waals surface area contributed by atoms with Crippen LogP contribution in [0, 0.1) is 0 Å². The number of hydrogen-bond donors (Lipinski definition) is 4. The summed E-state index contributed by atoms with van der Waals surface area (Å²) in [6.07, 6.45) is -1.68. The predicted octanol–water partition coefficient (Wildman–Crippen LogP) is -0.339. The van der Waals surface area contributed by atoms with Crippen LogP contribution in [0.1, 0.15) is 23.6 Å². The second-order valence-corrected chi connectivity index (χ2v) is 7.16. The van der Waals surface area contributed by atoms with Gasteiger partial charge in [-0.05, 0) is 6.07 Å². The van der Waals surface area contributed by atoms with Crippen molar-refractivity contribution in [2.24, 2.45) is 0 Å². The van der Waals surface area contributed by atoms with Gasteiger partial charge in [-0.1, -0.05) is 18.2 Å². The van der Waals surface area contributed by atoms with Crippen molar-refractivity contribution in [2.45, 2.75) is 37.2 Å². The average molecular weight is 399 g/mol. The highest BCUT2D eigenvalue weighted by molar-refractivity contribution is 5.73. The highest BCUT2D eigenvalue weighted by Crippen LogP contribution is 2.33. The van der Waals surface area contributed by atoms with Crippen molar-refractivity contribution in [2.75, 3.05) is 13.2 Å². The van der Waals surface area contributed by atoms with E-state index in [4.69, 9.17) is 9.47 Å². The lowest BCUT2D eigenvalue weighted by molar-refractivity contribution is -0.0511. The standard InChI is InChI=1S/C19H21N5O5/c25-7-13-16(26)17(27)19(29-13)24-9-23-15-14(21-8-22-18(15)24)12-6-20-5-10-3-1-2-4-11(10)28-12/h1-4,8-9,12-13,16-17,19-20,25-27H,5-7H2/t12?,13-,16-,17-,19-/m1/s1. The van der Waals surface area contributed by atoms with E-state index < -0.39 is 31.1 Å². The molecule has 0 bridgehead atoms. The summed E-state index contributed by atoms with van der Waals surface area (Å²) < 4.78 is 13.4. The van der Waals surface area contributed by atoms with Crippen molar-refractivity contribution in [1.82, 2.24) is 24.8 Å². The minimum Gasteiger partial charge on any atom is -0.482 e. The molecule has 1 aromatic carbocycles. The fraction of sp³-hybridized carbons (Fsp3) is 0.421. The van der Waals surface area contributed by atoms with Crippen molar-refractivity contribution in [3.8, 4) is 5.75 Å². The second-order valence-electron chi connectivity index (χ2n) is 7.16. The number of para-hydroxylation sites is 1. The number of nitrogens with one attached hydrogen (secondary N) is 1. The van der Waals surface area contributed by atoms with Crippen LogP contribution in [0.3, 0.4) is 0 Å². The van der Waals surface area contributed by atoms with Crippen LogP contribution in [0.15, 0.2) is 36.9 Å². The van der Waals surface area contributed by atoms with E-state index in [0.717, 1.165) is 11.3 Å². The van der Waals surface area contributed by atoms with Gasteiger partial charge in [0, 0.05) is 18.7 Å². The summed E-state index contributed by atoms with van der Waals surface area (Å²) in [6, 6.07) is 7.82. The molecule has 10 heteroatoms. The highest BCUT2D eigenvalue weighted by Gasteiger charge is 2.44. The summed E-state index contributed by atoms with van der Waals surface area (Å²) in [7, 11) is 0. The van der Waals surface area contributed by atoms with Crippen LogP contribution >= 0.6 is 0 Å². The van der Waals surface area contributed by atoms with E-state index in [-0.39, 0.29) is 6.10 Å². The van der Waals surface area contributed by atoms with E-state index in [2.05, 4.69) is 20.3 Å². The van der Waals surface area contributed by atoms with E-state index in [0.29, 0.717) is 29.9 Å².